The maximum absolute atomic E-state index is 5.77. The number of rotatable bonds is 5. The molecule has 3 rings (SSSR count). The molecule has 0 bridgehead atoms. The lowest BCUT2D eigenvalue weighted by Gasteiger charge is -2.07. The molecule has 0 saturated heterocycles. The van der Waals surface area contributed by atoms with Gasteiger partial charge in [0.1, 0.15) is 17.5 Å². The van der Waals surface area contributed by atoms with Gasteiger partial charge in [0.15, 0.2) is 0 Å². The summed E-state index contributed by atoms with van der Waals surface area (Å²) in [5, 5.41) is 10.9. The fourth-order valence-corrected chi connectivity index (χ4v) is 1.75. The van der Waals surface area contributed by atoms with E-state index in [1.807, 2.05) is 6.20 Å². The first-order chi connectivity index (χ1) is 8.81. The van der Waals surface area contributed by atoms with Gasteiger partial charge < -0.3 is 11.1 Å². The molecule has 2 aromatic heterocycles. The summed E-state index contributed by atoms with van der Waals surface area (Å²) in [6, 6.07) is 1.76. The largest absolute Gasteiger partial charge is 0.384 e. The lowest BCUT2D eigenvalue weighted by Crippen LogP contribution is -2.13. The normalized spacial score (nSPS) is 14.7. The van der Waals surface area contributed by atoms with Crippen LogP contribution in [0.4, 0.5) is 11.6 Å². The Morgan fingerprint density at radius 1 is 1.39 bits per heavy atom. The van der Waals surface area contributed by atoms with Gasteiger partial charge in [-0.05, 0) is 12.8 Å². The molecule has 0 radical (unpaired) electrons. The second kappa shape index (κ2) is 4.59. The van der Waals surface area contributed by atoms with Crippen LogP contribution in [-0.4, -0.2) is 31.5 Å². The first-order valence-corrected chi connectivity index (χ1v) is 6.04. The number of nitrogen functional groups attached to an aromatic ring is 1. The highest BCUT2D eigenvalue weighted by molar-refractivity contribution is 5.45. The lowest BCUT2D eigenvalue weighted by atomic mass is 10.4. The van der Waals surface area contributed by atoms with Crippen LogP contribution in [0.15, 0.2) is 18.5 Å². The maximum Gasteiger partial charge on any atom is 0.136 e. The standard InChI is InChI=1S/C11H15N7/c12-9-7-10(16-11(15-9)8-1-2-8)13-3-5-18-6-4-14-17-18/h4,6-8H,1-3,5H2,(H3,12,13,15,16). The monoisotopic (exact) mass is 245 g/mol. The SMILES string of the molecule is Nc1cc(NCCn2ccnn2)nc(C2CC2)n1. The van der Waals surface area contributed by atoms with Gasteiger partial charge in [-0.15, -0.1) is 5.10 Å². The van der Waals surface area contributed by atoms with E-state index in [0.717, 1.165) is 24.7 Å². The lowest BCUT2D eigenvalue weighted by molar-refractivity contribution is 0.608. The van der Waals surface area contributed by atoms with Gasteiger partial charge in [-0.25, -0.2) is 9.97 Å². The average Bonchev–Trinajstić information content (AvgIpc) is 3.08. The van der Waals surface area contributed by atoms with Gasteiger partial charge in [-0.1, -0.05) is 5.21 Å². The minimum atomic E-state index is 0.504. The Labute approximate surface area is 104 Å². The molecule has 3 N–H and O–H groups in total. The second-order valence-corrected chi connectivity index (χ2v) is 4.40. The smallest absolute Gasteiger partial charge is 0.136 e. The van der Waals surface area contributed by atoms with Gasteiger partial charge in [0.05, 0.1) is 12.7 Å². The van der Waals surface area contributed by atoms with Crippen molar-refractivity contribution < 1.29 is 0 Å². The number of nitrogens with two attached hydrogens (primary N) is 1. The Morgan fingerprint density at radius 2 is 2.28 bits per heavy atom. The molecule has 0 amide bonds. The zero-order chi connectivity index (χ0) is 12.4. The minimum absolute atomic E-state index is 0.504. The van der Waals surface area contributed by atoms with E-state index in [0.29, 0.717) is 11.7 Å². The number of aromatic nitrogens is 5. The van der Waals surface area contributed by atoms with Crippen LogP contribution in [0.25, 0.3) is 0 Å². The number of anilines is 2. The molecule has 0 atom stereocenters. The number of nitrogens with one attached hydrogen (secondary N) is 1. The molecule has 0 unspecified atom stereocenters. The third-order valence-corrected chi connectivity index (χ3v) is 2.82. The fourth-order valence-electron chi connectivity index (χ4n) is 1.75. The zero-order valence-corrected chi connectivity index (χ0v) is 9.95. The van der Waals surface area contributed by atoms with Crippen LogP contribution in [0.1, 0.15) is 24.6 Å². The van der Waals surface area contributed by atoms with E-state index >= 15 is 0 Å². The summed E-state index contributed by atoms with van der Waals surface area (Å²) >= 11 is 0. The summed E-state index contributed by atoms with van der Waals surface area (Å²) in [6.07, 6.45) is 5.82. The van der Waals surface area contributed by atoms with Crippen molar-refractivity contribution >= 4 is 11.6 Å². The Hall–Kier alpha value is -2.18. The third kappa shape index (κ3) is 2.55. The maximum atomic E-state index is 5.77. The molecule has 7 heteroatoms. The van der Waals surface area contributed by atoms with Gasteiger partial charge >= 0.3 is 0 Å². The Morgan fingerprint density at radius 3 is 3.00 bits per heavy atom. The van der Waals surface area contributed by atoms with Crippen molar-refractivity contribution in [2.75, 3.05) is 17.6 Å². The Bertz CT molecular complexity index is 518. The number of hydrogen-bond donors (Lipinski definition) is 2. The molecule has 2 heterocycles. The van der Waals surface area contributed by atoms with Crippen LogP contribution in [0.3, 0.4) is 0 Å². The highest BCUT2D eigenvalue weighted by Crippen LogP contribution is 2.38. The molecule has 0 spiro atoms. The van der Waals surface area contributed by atoms with Gasteiger partial charge in [-0.2, -0.15) is 0 Å². The molecule has 1 fully saturated rings. The van der Waals surface area contributed by atoms with Crippen molar-refractivity contribution in [1.29, 1.82) is 0 Å². The predicted molar refractivity (Wildman–Crippen MR) is 66.9 cm³/mol. The zero-order valence-electron chi connectivity index (χ0n) is 9.95. The molecule has 94 valence electrons. The molecule has 1 saturated carbocycles. The van der Waals surface area contributed by atoms with Crippen molar-refractivity contribution in [2.24, 2.45) is 0 Å². The molecular weight excluding hydrogens is 230 g/mol. The van der Waals surface area contributed by atoms with Crippen LogP contribution in [0.2, 0.25) is 0 Å². The van der Waals surface area contributed by atoms with Crippen molar-refractivity contribution in [1.82, 2.24) is 25.0 Å². The molecule has 0 aliphatic heterocycles. The molecule has 0 aromatic carbocycles. The van der Waals surface area contributed by atoms with Crippen LogP contribution in [0.5, 0.6) is 0 Å². The molecule has 1 aliphatic carbocycles. The van der Waals surface area contributed by atoms with Crippen LogP contribution in [0, 0.1) is 0 Å². The summed E-state index contributed by atoms with van der Waals surface area (Å²) in [5.41, 5.74) is 5.77. The summed E-state index contributed by atoms with van der Waals surface area (Å²) in [4.78, 5) is 8.72. The molecule has 1 aliphatic rings. The van der Waals surface area contributed by atoms with Crippen LogP contribution >= 0.6 is 0 Å². The van der Waals surface area contributed by atoms with Crippen molar-refractivity contribution in [3.05, 3.63) is 24.3 Å². The van der Waals surface area contributed by atoms with Crippen molar-refractivity contribution in [3.8, 4) is 0 Å². The minimum Gasteiger partial charge on any atom is -0.384 e. The summed E-state index contributed by atoms with van der Waals surface area (Å²) in [6.45, 7) is 1.46. The van der Waals surface area contributed by atoms with E-state index in [9.17, 15) is 0 Å². The van der Waals surface area contributed by atoms with Crippen molar-refractivity contribution in [2.45, 2.75) is 25.3 Å². The number of nitrogens with zero attached hydrogens (tertiary/aromatic N) is 5. The van der Waals surface area contributed by atoms with E-state index in [-0.39, 0.29) is 0 Å². The van der Waals surface area contributed by atoms with E-state index in [1.165, 1.54) is 12.8 Å². The average molecular weight is 245 g/mol. The van der Waals surface area contributed by atoms with Gasteiger partial charge in [0.25, 0.3) is 0 Å². The fraction of sp³-hybridized carbons (Fsp3) is 0.455. The first kappa shape index (κ1) is 10.9. The number of hydrogen-bond acceptors (Lipinski definition) is 6. The second-order valence-electron chi connectivity index (χ2n) is 4.40. The van der Waals surface area contributed by atoms with Gasteiger partial charge in [0, 0.05) is 24.7 Å². The van der Waals surface area contributed by atoms with Crippen LogP contribution < -0.4 is 11.1 Å². The third-order valence-electron chi connectivity index (χ3n) is 2.82. The van der Waals surface area contributed by atoms with E-state index in [2.05, 4.69) is 25.6 Å². The summed E-state index contributed by atoms with van der Waals surface area (Å²) in [5.74, 6) is 2.67. The van der Waals surface area contributed by atoms with Crippen LogP contribution in [-0.2, 0) is 6.54 Å². The van der Waals surface area contributed by atoms with E-state index in [4.69, 9.17) is 5.73 Å². The summed E-state index contributed by atoms with van der Waals surface area (Å²) in [7, 11) is 0. The van der Waals surface area contributed by atoms with E-state index < -0.39 is 0 Å². The van der Waals surface area contributed by atoms with E-state index in [1.54, 1.807) is 16.9 Å². The summed E-state index contributed by atoms with van der Waals surface area (Å²) < 4.78 is 1.76. The van der Waals surface area contributed by atoms with Gasteiger partial charge in [0.2, 0.25) is 0 Å². The quantitative estimate of drug-likeness (QED) is 0.802. The highest BCUT2D eigenvalue weighted by atomic mass is 15.4. The molecular formula is C11H15N7. The predicted octanol–water partition coefficient (Wildman–Crippen LogP) is 0.640. The Balaban J connectivity index is 1.61. The first-order valence-electron chi connectivity index (χ1n) is 6.04. The van der Waals surface area contributed by atoms with Crippen molar-refractivity contribution in [3.63, 3.8) is 0 Å². The van der Waals surface area contributed by atoms with Gasteiger partial charge in [-0.3, -0.25) is 4.68 Å². The molecule has 18 heavy (non-hydrogen) atoms. The Kier molecular flexibility index (Phi) is 2.79. The topological polar surface area (TPSA) is 94.5 Å². The molecule has 7 nitrogen and oxygen atoms in total. The highest BCUT2D eigenvalue weighted by Gasteiger charge is 2.27. The molecule has 2 aromatic rings.